The Kier molecular flexibility index (Phi) is 5.09. The molecule has 124 valence electrons. The standard InChI is InChI=1S/C18H24N2O2S/c1-6-18(5,13-10-8-7-9-11-13)14-15(19-12-23-14)20-16(21)22-17(2,3)4/h7-12H,6H2,1-5H3,(H,20,21). The molecule has 1 aromatic carbocycles. The second kappa shape index (κ2) is 6.71. The number of amides is 1. The van der Waals surface area contributed by atoms with Gasteiger partial charge in [0.25, 0.3) is 0 Å². The summed E-state index contributed by atoms with van der Waals surface area (Å²) in [5, 5.41) is 2.79. The van der Waals surface area contributed by atoms with E-state index >= 15 is 0 Å². The number of hydrogen-bond donors (Lipinski definition) is 1. The third-order valence-electron chi connectivity index (χ3n) is 3.81. The van der Waals surface area contributed by atoms with Gasteiger partial charge in [0.2, 0.25) is 0 Å². The van der Waals surface area contributed by atoms with Crippen LogP contribution < -0.4 is 5.32 Å². The van der Waals surface area contributed by atoms with E-state index in [9.17, 15) is 4.79 Å². The largest absolute Gasteiger partial charge is 0.444 e. The molecule has 0 aliphatic carbocycles. The molecule has 0 bridgehead atoms. The third-order valence-corrected chi connectivity index (χ3v) is 4.90. The Bertz CT molecular complexity index is 661. The monoisotopic (exact) mass is 332 g/mol. The number of carbonyl (C=O) groups excluding carboxylic acids is 1. The summed E-state index contributed by atoms with van der Waals surface area (Å²) in [5.41, 5.74) is 2.23. The first kappa shape index (κ1) is 17.5. The van der Waals surface area contributed by atoms with E-state index in [-0.39, 0.29) is 5.41 Å². The van der Waals surface area contributed by atoms with Crippen molar-refractivity contribution in [2.24, 2.45) is 0 Å². The van der Waals surface area contributed by atoms with Crippen LogP contribution in [0.3, 0.4) is 0 Å². The fourth-order valence-electron chi connectivity index (χ4n) is 2.43. The minimum Gasteiger partial charge on any atom is -0.444 e. The highest BCUT2D eigenvalue weighted by Crippen LogP contribution is 2.41. The van der Waals surface area contributed by atoms with Crippen molar-refractivity contribution in [1.82, 2.24) is 4.98 Å². The van der Waals surface area contributed by atoms with Crippen LogP contribution in [-0.2, 0) is 10.2 Å². The second-order valence-electron chi connectivity index (χ2n) is 6.71. The van der Waals surface area contributed by atoms with Gasteiger partial charge in [-0.05, 0) is 32.8 Å². The molecule has 4 nitrogen and oxygen atoms in total. The van der Waals surface area contributed by atoms with E-state index in [1.54, 1.807) is 16.8 Å². The lowest BCUT2D eigenvalue weighted by molar-refractivity contribution is 0.0635. The maximum Gasteiger partial charge on any atom is 0.413 e. The highest BCUT2D eigenvalue weighted by Gasteiger charge is 2.32. The van der Waals surface area contributed by atoms with E-state index in [2.05, 4.69) is 36.3 Å². The molecule has 0 radical (unpaired) electrons. The predicted octanol–water partition coefficient (Wildman–Crippen LogP) is 5.21. The number of thiazole rings is 1. The number of ether oxygens (including phenoxy) is 1. The van der Waals surface area contributed by atoms with Crippen molar-refractivity contribution in [1.29, 1.82) is 0 Å². The summed E-state index contributed by atoms with van der Waals surface area (Å²) in [6.07, 6.45) is 0.429. The number of nitrogens with zero attached hydrogens (tertiary/aromatic N) is 1. The predicted molar refractivity (Wildman–Crippen MR) is 95.2 cm³/mol. The number of benzene rings is 1. The summed E-state index contributed by atoms with van der Waals surface area (Å²) in [7, 11) is 0. The van der Waals surface area contributed by atoms with Crippen LogP contribution in [0.5, 0.6) is 0 Å². The highest BCUT2D eigenvalue weighted by atomic mass is 32.1. The van der Waals surface area contributed by atoms with Gasteiger partial charge >= 0.3 is 6.09 Å². The van der Waals surface area contributed by atoms with Crippen LogP contribution in [0, 0.1) is 0 Å². The Hall–Kier alpha value is -1.88. The molecule has 1 amide bonds. The summed E-state index contributed by atoms with van der Waals surface area (Å²) in [6.45, 7) is 9.85. The van der Waals surface area contributed by atoms with Crippen molar-refractivity contribution in [2.45, 2.75) is 52.1 Å². The Morgan fingerprint density at radius 1 is 1.22 bits per heavy atom. The van der Waals surface area contributed by atoms with Crippen LogP contribution in [0.1, 0.15) is 51.5 Å². The molecule has 2 rings (SSSR count). The fourth-order valence-corrected chi connectivity index (χ4v) is 3.43. The van der Waals surface area contributed by atoms with E-state index in [0.717, 1.165) is 11.3 Å². The third kappa shape index (κ3) is 4.10. The fraction of sp³-hybridized carbons (Fsp3) is 0.444. The lowest BCUT2D eigenvalue weighted by Gasteiger charge is -2.29. The van der Waals surface area contributed by atoms with Crippen molar-refractivity contribution >= 4 is 23.2 Å². The number of hydrogen-bond acceptors (Lipinski definition) is 4. The van der Waals surface area contributed by atoms with Gasteiger partial charge < -0.3 is 4.74 Å². The second-order valence-corrected chi connectivity index (χ2v) is 7.56. The summed E-state index contributed by atoms with van der Waals surface area (Å²) in [5.74, 6) is 0.581. The molecule has 2 aromatic rings. The molecule has 0 aliphatic heterocycles. The van der Waals surface area contributed by atoms with Crippen molar-refractivity contribution in [3.05, 3.63) is 46.3 Å². The van der Waals surface area contributed by atoms with Gasteiger partial charge in [-0.25, -0.2) is 9.78 Å². The molecule has 0 spiro atoms. The molecule has 0 saturated carbocycles. The smallest absolute Gasteiger partial charge is 0.413 e. The number of nitrogens with one attached hydrogen (secondary N) is 1. The molecular weight excluding hydrogens is 308 g/mol. The molecule has 1 aromatic heterocycles. The first-order chi connectivity index (χ1) is 10.8. The molecule has 1 unspecified atom stereocenters. The van der Waals surface area contributed by atoms with Crippen molar-refractivity contribution < 1.29 is 9.53 Å². The summed E-state index contributed by atoms with van der Waals surface area (Å²) < 4.78 is 5.33. The molecule has 1 atom stereocenters. The first-order valence-electron chi connectivity index (χ1n) is 7.76. The van der Waals surface area contributed by atoms with Crippen molar-refractivity contribution in [3.8, 4) is 0 Å². The van der Waals surface area contributed by atoms with Gasteiger partial charge in [0.05, 0.1) is 10.4 Å². The number of aromatic nitrogens is 1. The maximum absolute atomic E-state index is 12.1. The van der Waals surface area contributed by atoms with Gasteiger partial charge in [0, 0.05) is 5.41 Å². The van der Waals surface area contributed by atoms with Gasteiger partial charge in [-0.15, -0.1) is 11.3 Å². The van der Waals surface area contributed by atoms with Crippen LogP contribution in [0.15, 0.2) is 35.8 Å². The van der Waals surface area contributed by atoms with Gasteiger partial charge in [-0.2, -0.15) is 0 Å². The Labute approximate surface area is 141 Å². The molecule has 0 saturated heterocycles. The van der Waals surface area contributed by atoms with Gasteiger partial charge in [0.15, 0.2) is 0 Å². The van der Waals surface area contributed by atoms with Crippen molar-refractivity contribution in [2.75, 3.05) is 5.32 Å². The van der Waals surface area contributed by atoms with E-state index in [1.165, 1.54) is 5.56 Å². The minimum atomic E-state index is -0.534. The van der Waals surface area contributed by atoms with Gasteiger partial charge in [0.1, 0.15) is 11.4 Å². The zero-order valence-electron chi connectivity index (χ0n) is 14.3. The maximum atomic E-state index is 12.1. The van der Waals surface area contributed by atoms with E-state index < -0.39 is 11.7 Å². The lowest BCUT2D eigenvalue weighted by atomic mass is 9.78. The molecular formula is C18H24N2O2S. The summed E-state index contributed by atoms with van der Waals surface area (Å²) in [4.78, 5) is 17.4. The van der Waals surface area contributed by atoms with Crippen molar-refractivity contribution in [3.63, 3.8) is 0 Å². The van der Waals surface area contributed by atoms with Crippen LogP contribution in [0.2, 0.25) is 0 Å². The quantitative estimate of drug-likeness (QED) is 0.836. The highest BCUT2D eigenvalue weighted by molar-refractivity contribution is 7.10. The molecule has 1 heterocycles. The minimum absolute atomic E-state index is 0.202. The number of carbonyl (C=O) groups is 1. The molecule has 23 heavy (non-hydrogen) atoms. The average Bonchev–Trinajstić information content (AvgIpc) is 2.94. The van der Waals surface area contributed by atoms with Crippen LogP contribution in [0.25, 0.3) is 0 Å². The van der Waals surface area contributed by atoms with E-state index in [0.29, 0.717) is 5.82 Å². The Morgan fingerprint density at radius 2 is 1.87 bits per heavy atom. The number of anilines is 1. The molecule has 0 fully saturated rings. The Morgan fingerprint density at radius 3 is 2.43 bits per heavy atom. The van der Waals surface area contributed by atoms with E-state index in [4.69, 9.17) is 4.74 Å². The Balaban J connectivity index is 2.31. The van der Waals surface area contributed by atoms with E-state index in [1.807, 2.05) is 39.0 Å². The van der Waals surface area contributed by atoms with Gasteiger partial charge in [-0.3, -0.25) is 5.32 Å². The SMILES string of the molecule is CCC(C)(c1ccccc1)c1scnc1NC(=O)OC(C)(C)C. The normalized spacial score (nSPS) is 14.1. The zero-order chi connectivity index (χ0) is 17.1. The van der Waals surface area contributed by atoms with Gasteiger partial charge in [-0.1, -0.05) is 44.2 Å². The summed E-state index contributed by atoms with van der Waals surface area (Å²) in [6, 6.07) is 10.3. The molecule has 5 heteroatoms. The van der Waals surface area contributed by atoms with Crippen LogP contribution in [0.4, 0.5) is 10.6 Å². The molecule has 1 N–H and O–H groups in total. The topological polar surface area (TPSA) is 51.2 Å². The number of rotatable bonds is 4. The first-order valence-corrected chi connectivity index (χ1v) is 8.64. The van der Waals surface area contributed by atoms with Crippen LogP contribution in [-0.4, -0.2) is 16.7 Å². The van der Waals surface area contributed by atoms with Crippen LogP contribution >= 0.6 is 11.3 Å². The average molecular weight is 332 g/mol. The zero-order valence-corrected chi connectivity index (χ0v) is 15.2. The lowest BCUT2D eigenvalue weighted by Crippen LogP contribution is -2.29. The molecule has 0 aliphatic rings. The summed E-state index contributed by atoms with van der Waals surface area (Å²) >= 11 is 1.55.